The molecule has 0 aliphatic carbocycles. The molecule has 1 aromatic rings. The van der Waals surface area contributed by atoms with E-state index < -0.39 is 0 Å². The van der Waals surface area contributed by atoms with Crippen molar-refractivity contribution >= 4 is 21.9 Å². The summed E-state index contributed by atoms with van der Waals surface area (Å²) in [7, 11) is 0. The number of carbonyl (C=O) groups is 1. The first-order chi connectivity index (χ1) is 6.75. The predicted molar refractivity (Wildman–Crippen MR) is 57.1 cm³/mol. The molecule has 0 fully saturated rings. The van der Waals surface area contributed by atoms with E-state index in [-0.39, 0.29) is 5.97 Å². The van der Waals surface area contributed by atoms with E-state index in [1.54, 1.807) is 18.3 Å². The number of hydrogen-bond donors (Lipinski definition) is 0. The van der Waals surface area contributed by atoms with Gasteiger partial charge in [0, 0.05) is 6.20 Å². The van der Waals surface area contributed by atoms with Gasteiger partial charge in [0.25, 0.3) is 0 Å². The smallest absolute Gasteiger partial charge is 0.340 e. The average molecular weight is 258 g/mol. The molecule has 14 heavy (non-hydrogen) atoms. The van der Waals surface area contributed by atoms with Crippen LogP contribution in [0.25, 0.3) is 0 Å². The molecule has 4 heteroatoms. The van der Waals surface area contributed by atoms with Gasteiger partial charge in [0.15, 0.2) is 0 Å². The van der Waals surface area contributed by atoms with E-state index in [0.29, 0.717) is 16.8 Å². The van der Waals surface area contributed by atoms with Gasteiger partial charge in [-0.3, -0.25) is 0 Å². The summed E-state index contributed by atoms with van der Waals surface area (Å²) in [5, 5.41) is 0. The molecule has 1 heterocycles. The molecular weight excluding hydrogens is 246 g/mol. The first-order valence-electron chi connectivity index (χ1n) is 4.53. The molecule has 1 aromatic heterocycles. The highest BCUT2D eigenvalue weighted by molar-refractivity contribution is 9.10. The van der Waals surface area contributed by atoms with E-state index in [9.17, 15) is 4.79 Å². The third-order valence-corrected chi connectivity index (χ3v) is 2.34. The maximum Gasteiger partial charge on any atom is 0.340 e. The Bertz CT molecular complexity index is 315. The van der Waals surface area contributed by atoms with Crippen LogP contribution in [0.3, 0.4) is 0 Å². The third-order valence-electron chi connectivity index (χ3n) is 1.71. The van der Waals surface area contributed by atoms with Crippen molar-refractivity contribution in [3.63, 3.8) is 0 Å². The maximum atomic E-state index is 11.4. The minimum absolute atomic E-state index is 0.321. The fourth-order valence-electron chi connectivity index (χ4n) is 0.925. The Hall–Kier alpha value is -0.900. The lowest BCUT2D eigenvalue weighted by atomic mass is 10.3. The molecule has 1 rings (SSSR count). The summed E-state index contributed by atoms with van der Waals surface area (Å²) >= 11 is 3.19. The molecule has 3 nitrogen and oxygen atoms in total. The number of pyridine rings is 1. The molecule has 0 spiro atoms. The monoisotopic (exact) mass is 257 g/mol. The zero-order valence-electron chi connectivity index (χ0n) is 8.00. The molecule has 0 atom stereocenters. The maximum absolute atomic E-state index is 11.4. The molecule has 0 saturated carbocycles. The van der Waals surface area contributed by atoms with Crippen molar-refractivity contribution in [3.8, 4) is 0 Å². The Morgan fingerprint density at radius 1 is 1.64 bits per heavy atom. The molecule has 0 radical (unpaired) electrons. The number of esters is 1. The molecule has 0 aliphatic heterocycles. The molecule has 76 valence electrons. The molecule has 0 aromatic carbocycles. The molecular formula is C10H12BrNO2. The summed E-state index contributed by atoms with van der Waals surface area (Å²) in [5.41, 5.74) is 0.476. The number of carbonyl (C=O) groups excluding carboxylic acids is 1. The van der Waals surface area contributed by atoms with Gasteiger partial charge in [-0.25, -0.2) is 9.78 Å². The highest BCUT2D eigenvalue weighted by Crippen LogP contribution is 2.13. The van der Waals surface area contributed by atoms with Crippen LogP contribution in [0, 0.1) is 0 Å². The largest absolute Gasteiger partial charge is 0.462 e. The Morgan fingerprint density at radius 3 is 3.07 bits per heavy atom. The summed E-state index contributed by atoms with van der Waals surface area (Å²) < 4.78 is 5.57. The fourth-order valence-corrected chi connectivity index (χ4v) is 1.34. The quantitative estimate of drug-likeness (QED) is 0.473. The normalized spacial score (nSPS) is 9.86. The zero-order valence-corrected chi connectivity index (χ0v) is 9.58. The predicted octanol–water partition coefficient (Wildman–Crippen LogP) is 2.80. The van der Waals surface area contributed by atoms with E-state index in [1.165, 1.54) is 0 Å². The lowest BCUT2D eigenvalue weighted by Gasteiger charge is -2.04. The van der Waals surface area contributed by atoms with Gasteiger partial charge in [0.05, 0.1) is 12.2 Å². The van der Waals surface area contributed by atoms with Crippen molar-refractivity contribution in [1.29, 1.82) is 0 Å². The molecule has 0 bridgehead atoms. The van der Waals surface area contributed by atoms with Crippen LogP contribution < -0.4 is 0 Å². The summed E-state index contributed by atoms with van der Waals surface area (Å²) in [6, 6.07) is 3.40. The Morgan fingerprint density at radius 2 is 2.43 bits per heavy atom. The van der Waals surface area contributed by atoms with E-state index in [1.807, 2.05) is 6.92 Å². The van der Waals surface area contributed by atoms with Crippen LogP contribution in [0.2, 0.25) is 0 Å². The number of aromatic nitrogens is 1. The van der Waals surface area contributed by atoms with Crippen molar-refractivity contribution in [1.82, 2.24) is 4.98 Å². The number of unbranched alkanes of at least 4 members (excludes halogenated alkanes) is 1. The first-order valence-corrected chi connectivity index (χ1v) is 5.32. The second-order valence-corrected chi connectivity index (χ2v) is 3.58. The number of rotatable bonds is 4. The topological polar surface area (TPSA) is 39.2 Å². The van der Waals surface area contributed by atoms with Gasteiger partial charge < -0.3 is 4.74 Å². The minimum Gasteiger partial charge on any atom is -0.462 e. The highest BCUT2D eigenvalue weighted by atomic mass is 79.9. The SMILES string of the molecule is CCCCOC(=O)c1cccnc1Br. The number of nitrogens with zero attached hydrogens (tertiary/aromatic N) is 1. The van der Waals surface area contributed by atoms with E-state index in [2.05, 4.69) is 20.9 Å². The van der Waals surface area contributed by atoms with Gasteiger partial charge in [0.1, 0.15) is 4.60 Å². The summed E-state index contributed by atoms with van der Waals surface area (Å²) in [4.78, 5) is 15.4. The van der Waals surface area contributed by atoms with Crippen molar-refractivity contribution in [2.24, 2.45) is 0 Å². The van der Waals surface area contributed by atoms with Crippen LogP contribution in [0.15, 0.2) is 22.9 Å². The molecule has 0 unspecified atom stereocenters. The summed E-state index contributed by atoms with van der Waals surface area (Å²) in [6.07, 6.45) is 3.53. The second-order valence-electron chi connectivity index (χ2n) is 2.83. The van der Waals surface area contributed by atoms with Crippen LogP contribution >= 0.6 is 15.9 Å². The molecule has 0 N–H and O–H groups in total. The summed E-state index contributed by atoms with van der Waals surface area (Å²) in [5.74, 6) is -0.321. The summed E-state index contributed by atoms with van der Waals surface area (Å²) in [6.45, 7) is 2.52. The lowest BCUT2D eigenvalue weighted by Crippen LogP contribution is -2.07. The molecule has 0 aliphatic rings. The molecule has 0 saturated heterocycles. The standard InChI is InChI=1S/C10H12BrNO2/c1-2-3-7-14-10(13)8-5-4-6-12-9(8)11/h4-6H,2-3,7H2,1H3. The van der Waals surface area contributed by atoms with E-state index in [4.69, 9.17) is 4.74 Å². The van der Waals surface area contributed by atoms with Crippen LogP contribution in [0.5, 0.6) is 0 Å². The van der Waals surface area contributed by atoms with Crippen LogP contribution in [-0.2, 0) is 4.74 Å². The third kappa shape index (κ3) is 3.10. The second kappa shape index (κ2) is 5.75. The van der Waals surface area contributed by atoms with Gasteiger partial charge in [-0.2, -0.15) is 0 Å². The van der Waals surface area contributed by atoms with Gasteiger partial charge in [-0.05, 0) is 34.5 Å². The van der Waals surface area contributed by atoms with Gasteiger partial charge in [-0.1, -0.05) is 13.3 Å². The zero-order chi connectivity index (χ0) is 10.4. The van der Waals surface area contributed by atoms with Crippen molar-refractivity contribution in [3.05, 3.63) is 28.5 Å². The van der Waals surface area contributed by atoms with Gasteiger partial charge in [0.2, 0.25) is 0 Å². The van der Waals surface area contributed by atoms with Crippen LogP contribution in [0.1, 0.15) is 30.1 Å². The number of halogens is 1. The highest BCUT2D eigenvalue weighted by Gasteiger charge is 2.10. The van der Waals surface area contributed by atoms with Crippen molar-refractivity contribution in [2.45, 2.75) is 19.8 Å². The van der Waals surface area contributed by atoms with Crippen molar-refractivity contribution < 1.29 is 9.53 Å². The minimum atomic E-state index is -0.321. The van der Waals surface area contributed by atoms with E-state index in [0.717, 1.165) is 12.8 Å². The lowest BCUT2D eigenvalue weighted by molar-refractivity contribution is 0.0498. The van der Waals surface area contributed by atoms with Gasteiger partial charge in [-0.15, -0.1) is 0 Å². The Kier molecular flexibility index (Phi) is 4.59. The first kappa shape index (κ1) is 11.2. The van der Waals surface area contributed by atoms with Crippen molar-refractivity contribution in [2.75, 3.05) is 6.61 Å². The Labute approximate surface area is 91.6 Å². The van der Waals surface area contributed by atoms with Gasteiger partial charge >= 0.3 is 5.97 Å². The van der Waals surface area contributed by atoms with Crippen LogP contribution in [0.4, 0.5) is 0 Å². The fraction of sp³-hybridized carbons (Fsp3) is 0.400. The number of hydrogen-bond acceptors (Lipinski definition) is 3. The van der Waals surface area contributed by atoms with Crippen LogP contribution in [-0.4, -0.2) is 17.6 Å². The van der Waals surface area contributed by atoms with E-state index >= 15 is 0 Å². The Balaban J connectivity index is 2.56. The molecule has 0 amide bonds. The average Bonchev–Trinajstić information content (AvgIpc) is 2.18. The number of ether oxygens (including phenoxy) is 1.